The van der Waals surface area contributed by atoms with E-state index in [4.69, 9.17) is 4.74 Å². The first-order valence-electron chi connectivity index (χ1n) is 7.41. The number of urea groups is 1. The molecule has 2 rings (SSSR count). The van der Waals surface area contributed by atoms with Crippen molar-refractivity contribution in [3.8, 4) is 0 Å². The van der Waals surface area contributed by atoms with Crippen LogP contribution < -0.4 is 5.32 Å². The molecule has 0 aromatic heterocycles. The van der Waals surface area contributed by atoms with Gasteiger partial charge in [-0.15, -0.1) is 0 Å². The lowest BCUT2D eigenvalue weighted by Gasteiger charge is -2.37. The van der Waals surface area contributed by atoms with Crippen LogP contribution in [-0.4, -0.2) is 53.3 Å². The molecule has 6 heteroatoms. The third kappa shape index (κ3) is 3.62. The number of carboxylic acid groups (broad SMARTS) is 1. The van der Waals surface area contributed by atoms with Gasteiger partial charge in [0.1, 0.15) is 0 Å². The van der Waals surface area contributed by atoms with E-state index in [-0.39, 0.29) is 24.3 Å². The highest BCUT2D eigenvalue weighted by molar-refractivity contribution is 5.77. The minimum atomic E-state index is -0.807. The SMILES string of the molecule is CC1CN(C(=O)NC2CCCCC2C(=O)O)CC(C)O1. The first-order valence-corrected chi connectivity index (χ1v) is 7.41. The number of hydrogen-bond donors (Lipinski definition) is 2. The molecular formula is C14H24N2O4. The summed E-state index contributed by atoms with van der Waals surface area (Å²) in [5.74, 6) is -1.26. The minimum absolute atomic E-state index is 0.0196. The Bertz CT molecular complexity index is 364. The van der Waals surface area contributed by atoms with Gasteiger partial charge in [-0.3, -0.25) is 4.79 Å². The lowest BCUT2D eigenvalue weighted by atomic mass is 9.84. The van der Waals surface area contributed by atoms with Crippen LogP contribution in [0, 0.1) is 5.92 Å². The summed E-state index contributed by atoms with van der Waals surface area (Å²) >= 11 is 0. The van der Waals surface area contributed by atoms with E-state index in [9.17, 15) is 14.7 Å². The molecule has 2 aliphatic rings. The fourth-order valence-corrected chi connectivity index (χ4v) is 3.19. The van der Waals surface area contributed by atoms with Crippen molar-refractivity contribution >= 4 is 12.0 Å². The second-order valence-corrected chi connectivity index (χ2v) is 5.95. The molecule has 20 heavy (non-hydrogen) atoms. The predicted octanol–water partition coefficient (Wildman–Crippen LogP) is 1.45. The lowest BCUT2D eigenvalue weighted by molar-refractivity contribution is -0.143. The fraction of sp³-hybridized carbons (Fsp3) is 0.857. The molecule has 1 aliphatic heterocycles. The van der Waals surface area contributed by atoms with E-state index in [1.807, 2.05) is 13.8 Å². The van der Waals surface area contributed by atoms with Crippen LogP contribution >= 0.6 is 0 Å². The Hall–Kier alpha value is -1.30. The second-order valence-electron chi connectivity index (χ2n) is 5.95. The highest BCUT2D eigenvalue weighted by Crippen LogP contribution is 2.25. The maximum atomic E-state index is 12.3. The molecule has 0 aromatic rings. The van der Waals surface area contributed by atoms with Gasteiger partial charge in [-0.25, -0.2) is 4.79 Å². The molecule has 0 aromatic carbocycles. The molecule has 1 aliphatic carbocycles. The van der Waals surface area contributed by atoms with E-state index in [2.05, 4.69) is 5.32 Å². The summed E-state index contributed by atoms with van der Waals surface area (Å²) in [5.41, 5.74) is 0. The van der Waals surface area contributed by atoms with Crippen LogP contribution in [0.2, 0.25) is 0 Å². The van der Waals surface area contributed by atoms with Gasteiger partial charge in [-0.05, 0) is 26.7 Å². The molecule has 114 valence electrons. The standard InChI is InChI=1S/C14H24N2O4/c1-9-7-16(8-10(2)20-9)14(19)15-12-6-4-3-5-11(12)13(17)18/h9-12H,3-8H2,1-2H3,(H,15,19)(H,17,18). The number of aliphatic carboxylic acids is 1. The zero-order valence-electron chi connectivity index (χ0n) is 12.2. The van der Waals surface area contributed by atoms with Gasteiger partial charge in [0.2, 0.25) is 0 Å². The highest BCUT2D eigenvalue weighted by Gasteiger charge is 2.34. The molecule has 2 N–H and O–H groups in total. The number of ether oxygens (including phenoxy) is 1. The average molecular weight is 284 g/mol. The van der Waals surface area contributed by atoms with E-state index in [1.54, 1.807) is 4.90 Å². The maximum Gasteiger partial charge on any atom is 0.317 e. The summed E-state index contributed by atoms with van der Waals surface area (Å²) in [4.78, 5) is 25.3. The summed E-state index contributed by atoms with van der Waals surface area (Å²) in [6, 6.07) is -0.410. The first kappa shape index (κ1) is 15.1. The molecule has 6 nitrogen and oxygen atoms in total. The quantitative estimate of drug-likeness (QED) is 0.804. The molecule has 0 radical (unpaired) electrons. The van der Waals surface area contributed by atoms with Gasteiger partial charge in [0.05, 0.1) is 18.1 Å². The lowest BCUT2D eigenvalue weighted by Crippen LogP contribution is -2.55. The Labute approximate surface area is 119 Å². The molecule has 1 saturated heterocycles. The van der Waals surface area contributed by atoms with Crippen LogP contribution in [-0.2, 0) is 9.53 Å². The highest BCUT2D eigenvalue weighted by atomic mass is 16.5. The fourth-order valence-electron chi connectivity index (χ4n) is 3.19. The molecule has 4 atom stereocenters. The van der Waals surface area contributed by atoms with Crippen LogP contribution in [0.3, 0.4) is 0 Å². The third-order valence-corrected chi connectivity index (χ3v) is 4.10. The van der Waals surface area contributed by atoms with Crippen molar-refractivity contribution in [3.05, 3.63) is 0 Å². The van der Waals surface area contributed by atoms with Crippen molar-refractivity contribution in [2.24, 2.45) is 5.92 Å². The third-order valence-electron chi connectivity index (χ3n) is 4.10. The Kier molecular flexibility index (Phi) is 4.86. The van der Waals surface area contributed by atoms with E-state index in [1.165, 1.54) is 0 Å². The minimum Gasteiger partial charge on any atom is -0.481 e. The van der Waals surface area contributed by atoms with Crippen molar-refractivity contribution in [2.75, 3.05) is 13.1 Å². The monoisotopic (exact) mass is 284 g/mol. The Morgan fingerprint density at radius 3 is 2.35 bits per heavy atom. The van der Waals surface area contributed by atoms with Gasteiger partial charge in [0.25, 0.3) is 0 Å². The van der Waals surface area contributed by atoms with Crippen LogP contribution in [0.4, 0.5) is 4.79 Å². The molecule has 1 saturated carbocycles. The van der Waals surface area contributed by atoms with Gasteiger partial charge in [0, 0.05) is 19.1 Å². The number of nitrogens with zero attached hydrogens (tertiary/aromatic N) is 1. The van der Waals surface area contributed by atoms with E-state index in [0.717, 1.165) is 19.3 Å². The van der Waals surface area contributed by atoms with Crippen molar-refractivity contribution < 1.29 is 19.4 Å². The van der Waals surface area contributed by atoms with E-state index in [0.29, 0.717) is 19.5 Å². The molecule has 0 bridgehead atoms. The average Bonchev–Trinajstić information content (AvgIpc) is 2.37. The van der Waals surface area contributed by atoms with Gasteiger partial charge in [0.15, 0.2) is 0 Å². The van der Waals surface area contributed by atoms with E-state index >= 15 is 0 Å². The van der Waals surface area contributed by atoms with Crippen molar-refractivity contribution in [2.45, 2.75) is 57.8 Å². The van der Waals surface area contributed by atoms with Gasteiger partial charge in [-0.2, -0.15) is 0 Å². The van der Waals surface area contributed by atoms with Crippen LogP contribution in [0.25, 0.3) is 0 Å². The van der Waals surface area contributed by atoms with Crippen molar-refractivity contribution in [1.82, 2.24) is 10.2 Å². The Morgan fingerprint density at radius 2 is 1.75 bits per heavy atom. The second kappa shape index (κ2) is 6.43. The summed E-state index contributed by atoms with van der Waals surface area (Å²) < 4.78 is 5.60. The number of nitrogens with one attached hydrogen (secondary N) is 1. The van der Waals surface area contributed by atoms with Crippen molar-refractivity contribution in [1.29, 1.82) is 0 Å². The van der Waals surface area contributed by atoms with Crippen molar-refractivity contribution in [3.63, 3.8) is 0 Å². The molecule has 4 unspecified atom stereocenters. The summed E-state index contributed by atoms with van der Waals surface area (Å²) in [6.45, 7) is 4.99. The summed E-state index contributed by atoms with van der Waals surface area (Å²) in [6.07, 6.45) is 3.34. The van der Waals surface area contributed by atoms with Gasteiger partial charge >= 0.3 is 12.0 Å². The molecule has 0 spiro atoms. The summed E-state index contributed by atoms with van der Waals surface area (Å²) in [5, 5.41) is 12.1. The number of carboxylic acids is 1. The van der Waals surface area contributed by atoms with Crippen LogP contribution in [0.5, 0.6) is 0 Å². The first-order chi connectivity index (χ1) is 9.47. The molecule has 2 amide bonds. The van der Waals surface area contributed by atoms with E-state index < -0.39 is 11.9 Å². The molecule has 2 fully saturated rings. The Morgan fingerprint density at radius 1 is 1.15 bits per heavy atom. The smallest absolute Gasteiger partial charge is 0.317 e. The normalized spacial score (nSPS) is 34.6. The number of carbonyl (C=O) groups excluding carboxylic acids is 1. The number of carbonyl (C=O) groups is 2. The zero-order chi connectivity index (χ0) is 14.7. The van der Waals surface area contributed by atoms with Crippen LogP contribution in [0.15, 0.2) is 0 Å². The van der Waals surface area contributed by atoms with Crippen LogP contribution in [0.1, 0.15) is 39.5 Å². The predicted molar refractivity (Wildman–Crippen MR) is 73.5 cm³/mol. The number of rotatable bonds is 2. The maximum absolute atomic E-state index is 12.3. The topological polar surface area (TPSA) is 78.9 Å². The molecular weight excluding hydrogens is 260 g/mol. The zero-order valence-corrected chi connectivity index (χ0v) is 12.2. The number of hydrogen-bond acceptors (Lipinski definition) is 3. The summed E-state index contributed by atoms with van der Waals surface area (Å²) in [7, 11) is 0. The van der Waals surface area contributed by atoms with Gasteiger partial charge in [-0.1, -0.05) is 12.8 Å². The largest absolute Gasteiger partial charge is 0.481 e. The van der Waals surface area contributed by atoms with Gasteiger partial charge < -0.3 is 20.1 Å². The molecule has 1 heterocycles. The number of amides is 2. The Balaban J connectivity index is 1.94. The number of morpholine rings is 1.